The third-order valence-corrected chi connectivity index (χ3v) is 3.64. The molecular weight excluding hydrogens is 264 g/mol. The molecule has 0 spiro atoms. The van der Waals surface area contributed by atoms with Gasteiger partial charge in [-0.25, -0.2) is 4.98 Å². The zero-order valence-corrected chi connectivity index (χ0v) is 13.4. The van der Waals surface area contributed by atoms with Gasteiger partial charge in [0.25, 0.3) is 0 Å². The van der Waals surface area contributed by atoms with E-state index >= 15 is 0 Å². The largest absolute Gasteiger partial charge is 0.353 e. The van der Waals surface area contributed by atoms with Crippen LogP contribution in [0.25, 0.3) is 0 Å². The molecule has 0 aromatic carbocycles. The minimum Gasteiger partial charge on any atom is -0.353 e. The first kappa shape index (κ1) is 15.8. The molecule has 2 heterocycles. The quantitative estimate of drug-likeness (QED) is 0.886. The molecule has 1 atom stereocenters. The molecule has 5 heteroatoms. The van der Waals surface area contributed by atoms with Crippen LogP contribution in [-0.4, -0.2) is 35.6 Å². The van der Waals surface area contributed by atoms with Gasteiger partial charge in [0.15, 0.2) is 0 Å². The van der Waals surface area contributed by atoms with E-state index in [2.05, 4.69) is 47.4 Å². The maximum atomic E-state index is 11.9. The number of hydrogen-bond donors (Lipinski definition) is 2. The fourth-order valence-corrected chi connectivity index (χ4v) is 2.45. The molecule has 116 valence electrons. The minimum absolute atomic E-state index is 0.0942. The highest BCUT2D eigenvalue weighted by Crippen LogP contribution is 2.18. The third-order valence-electron chi connectivity index (χ3n) is 3.64. The molecule has 0 radical (unpaired) electrons. The van der Waals surface area contributed by atoms with Crippen LogP contribution < -0.4 is 15.5 Å². The Bertz CT molecular complexity index is 478. The normalized spacial score (nSPS) is 19.5. The lowest BCUT2D eigenvalue weighted by Crippen LogP contribution is -2.55. The van der Waals surface area contributed by atoms with Crippen molar-refractivity contribution in [2.75, 3.05) is 18.0 Å². The van der Waals surface area contributed by atoms with Crippen molar-refractivity contribution in [1.82, 2.24) is 15.6 Å². The Balaban J connectivity index is 2.05. The SMILES string of the molecule is CCC1C(=O)NCCN1c1ccc(CNC(C)(C)C)cn1. The van der Waals surface area contributed by atoms with Gasteiger partial charge in [0.2, 0.25) is 5.91 Å². The highest BCUT2D eigenvalue weighted by Gasteiger charge is 2.28. The number of carbonyl (C=O) groups is 1. The van der Waals surface area contributed by atoms with E-state index in [4.69, 9.17) is 0 Å². The van der Waals surface area contributed by atoms with E-state index in [9.17, 15) is 4.79 Å². The van der Waals surface area contributed by atoms with Gasteiger partial charge in [-0.2, -0.15) is 0 Å². The lowest BCUT2D eigenvalue weighted by Gasteiger charge is -2.35. The molecule has 0 aliphatic carbocycles. The molecule has 1 fully saturated rings. The van der Waals surface area contributed by atoms with Gasteiger partial charge in [0.1, 0.15) is 11.9 Å². The number of anilines is 1. The van der Waals surface area contributed by atoms with E-state index in [-0.39, 0.29) is 17.5 Å². The monoisotopic (exact) mass is 290 g/mol. The summed E-state index contributed by atoms with van der Waals surface area (Å²) < 4.78 is 0. The molecule has 2 rings (SSSR count). The molecule has 1 aliphatic rings. The Morgan fingerprint density at radius 3 is 2.76 bits per heavy atom. The fraction of sp³-hybridized carbons (Fsp3) is 0.625. The second-order valence-corrected chi connectivity index (χ2v) is 6.54. The topological polar surface area (TPSA) is 57.3 Å². The molecule has 21 heavy (non-hydrogen) atoms. The van der Waals surface area contributed by atoms with Gasteiger partial charge in [-0.05, 0) is 38.8 Å². The second-order valence-electron chi connectivity index (χ2n) is 6.54. The summed E-state index contributed by atoms with van der Waals surface area (Å²) in [6, 6.07) is 3.99. The first-order chi connectivity index (χ1) is 9.90. The summed E-state index contributed by atoms with van der Waals surface area (Å²) in [6.07, 6.45) is 2.69. The molecule has 1 aromatic heterocycles. The third kappa shape index (κ3) is 4.17. The van der Waals surface area contributed by atoms with Crippen molar-refractivity contribution in [3.05, 3.63) is 23.9 Å². The molecule has 0 saturated carbocycles. The number of amides is 1. The number of piperazine rings is 1. The average Bonchev–Trinajstić information content (AvgIpc) is 2.44. The number of carbonyl (C=O) groups excluding carboxylic acids is 1. The molecule has 0 bridgehead atoms. The van der Waals surface area contributed by atoms with Crippen LogP contribution in [0.15, 0.2) is 18.3 Å². The van der Waals surface area contributed by atoms with Gasteiger partial charge in [0.05, 0.1) is 0 Å². The fourth-order valence-electron chi connectivity index (χ4n) is 2.45. The Morgan fingerprint density at radius 2 is 2.19 bits per heavy atom. The zero-order valence-electron chi connectivity index (χ0n) is 13.4. The molecule has 1 aromatic rings. The van der Waals surface area contributed by atoms with E-state index < -0.39 is 0 Å². The lowest BCUT2D eigenvalue weighted by molar-refractivity contribution is -0.123. The minimum atomic E-state index is -0.107. The zero-order chi connectivity index (χ0) is 15.5. The van der Waals surface area contributed by atoms with Crippen molar-refractivity contribution in [2.45, 2.75) is 52.2 Å². The summed E-state index contributed by atoms with van der Waals surface area (Å²) in [5, 5.41) is 6.36. The number of pyridine rings is 1. The molecule has 1 aliphatic heterocycles. The van der Waals surface area contributed by atoms with Gasteiger partial charge >= 0.3 is 0 Å². The van der Waals surface area contributed by atoms with Gasteiger partial charge in [-0.3, -0.25) is 4.79 Å². The Labute approximate surface area is 127 Å². The number of hydrogen-bond acceptors (Lipinski definition) is 4. The van der Waals surface area contributed by atoms with E-state index in [1.54, 1.807) is 0 Å². The first-order valence-electron chi connectivity index (χ1n) is 7.65. The standard InChI is InChI=1S/C16H26N4O/c1-5-13-15(21)17-8-9-20(13)14-7-6-12(10-18-14)11-19-16(2,3)4/h6-7,10,13,19H,5,8-9,11H2,1-4H3,(H,17,21). The van der Waals surface area contributed by atoms with E-state index in [1.807, 2.05) is 19.2 Å². The number of nitrogens with zero attached hydrogens (tertiary/aromatic N) is 2. The maximum Gasteiger partial charge on any atom is 0.242 e. The molecule has 1 amide bonds. The molecule has 1 unspecified atom stereocenters. The average molecular weight is 290 g/mol. The smallest absolute Gasteiger partial charge is 0.242 e. The second kappa shape index (κ2) is 6.43. The van der Waals surface area contributed by atoms with Gasteiger partial charge in [0, 0.05) is 31.4 Å². The molecule has 5 nitrogen and oxygen atoms in total. The maximum absolute atomic E-state index is 11.9. The highest BCUT2D eigenvalue weighted by atomic mass is 16.2. The van der Waals surface area contributed by atoms with Crippen molar-refractivity contribution in [3.63, 3.8) is 0 Å². The summed E-state index contributed by atoms with van der Waals surface area (Å²) in [5.41, 5.74) is 1.25. The first-order valence-corrected chi connectivity index (χ1v) is 7.65. The van der Waals surface area contributed by atoms with Crippen molar-refractivity contribution in [3.8, 4) is 0 Å². The Hall–Kier alpha value is -1.62. The van der Waals surface area contributed by atoms with E-state index in [0.717, 1.165) is 30.9 Å². The van der Waals surface area contributed by atoms with E-state index in [1.165, 1.54) is 0 Å². The summed E-state index contributed by atoms with van der Waals surface area (Å²) >= 11 is 0. The van der Waals surface area contributed by atoms with Crippen LogP contribution in [0.2, 0.25) is 0 Å². The molecule has 1 saturated heterocycles. The van der Waals surface area contributed by atoms with Gasteiger partial charge < -0.3 is 15.5 Å². The summed E-state index contributed by atoms with van der Waals surface area (Å²) in [7, 11) is 0. The van der Waals surface area contributed by atoms with Crippen LogP contribution >= 0.6 is 0 Å². The number of nitrogens with one attached hydrogen (secondary N) is 2. The Morgan fingerprint density at radius 1 is 1.43 bits per heavy atom. The van der Waals surface area contributed by atoms with Crippen LogP contribution in [0.5, 0.6) is 0 Å². The lowest BCUT2D eigenvalue weighted by atomic mass is 10.1. The molecular formula is C16H26N4O. The van der Waals surface area contributed by atoms with Crippen molar-refractivity contribution < 1.29 is 4.79 Å². The van der Waals surface area contributed by atoms with Crippen molar-refractivity contribution >= 4 is 11.7 Å². The van der Waals surface area contributed by atoms with Crippen LogP contribution in [0.1, 0.15) is 39.7 Å². The molecule has 2 N–H and O–H groups in total. The predicted molar refractivity (Wildman–Crippen MR) is 85.3 cm³/mol. The highest BCUT2D eigenvalue weighted by molar-refractivity contribution is 5.86. The van der Waals surface area contributed by atoms with Crippen LogP contribution in [0, 0.1) is 0 Å². The number of rotatable bonds is 4. The van der Waals surface area contributed by atoms with Gasteiger partial charge in [-0.1, -0.05) is 13.0 Å². The van der Waals surface area contributed by atoms with Crippen molar-refractivity contribution in [1.29, 1.82) is 0 Å². The Kier molecular flexibility index (Phi) is 4.83. The summed E-state index contributed by atoms with van der Waals surface area (Å²) in [4.78, 5) is 18.5. The summed E-state index contributed by atoms with van der Waals surface area (Å²) in [6.45, 7) is 10.8. The van der Waals surface area contributed by atoms with Gasteiger partial charge in [-0.15, -0.1) is 0 Å². The van der Waals surface area contributed by atoms with Crippen LogP contribution in [0.4, 0.5) is 5.82 Å². The van der Waals surface area contributed by atoms with Crippen LogP contribution in [-0.2, 0) is 11.3 Å². The van der Waals surface area contributed by atoms with Crippen molar-refractivity contribution in [2.24, 2.45) is 0 Å². The summed E-state index contributed by atoms with van der Waals surface area (Å²) in [5.74, 6) is 0.986. The van der Waals surface area contributed by atoms with Crippen LogP contribution in [0.3, 0.4) is 0 Å². The predicted octanol–water partition coefficient (Wildman–Crippen LogP) is 1.68. The van der Waals surface area contributed by atoms with E-state index in [0.29, 0.717) is 6.54 Å². The number of aromatic nitrogens is 1.